The molecule has 1 aliphatic heterocycles. The summed E-state index contributed by atoms with van der Waals surface area (Å²) < 4.78 is 5.42. The summed E-state index contributed by atoms with van der Waals surface area (Å²) >= 11 is 0. The maximum atomic E-state index is 12.0. The van der Waals surface area contributed by atoms with E-state index >= 15 is 0 Å². The Kier molecular flexibility index (Phi) is 3.50. The van der Waals surface area contributed by atoms with E-state index in [1.54, 1.807) is 24.0 Å². The maximum absolute atomic E-state index is 12.0. The molecule has 1 aliphatic rings. The van der Waals surface area contributed by atoms with Gasteiger partial charge in [-0.2, -0.15) is 0 Å². The molecule has 2 amide bonds. The molecule has 2 rings (SSSR count). The van der Waals surface area contributed by atoms with Crippen molar-refractivity contribution >= 4 is 17.7 Å². The van der Waals surface area contributed by atoms with Crippen LogP contribution in [0.1, 0.15) is 12.7 Å². The lowest BCUT2D eigenvalue weighted by molar-refractivity contribution is -0.133. The van der Waals surface area contributed by atoms with E-state index in [0.717, 1.165) is 5.76 Å². The van der Waals surface area contributed by atoms with Gasteiger partial charge in [0, 0.05) is 19.2 Å². The smallest absolute Gasteiger partial charge is 0.248 e. The lowest BCUT2D eigenvalue weighted by Crippen LogP contribution is -2.52. The average Bonchev–Trinajstić information content (AvgIpc) is 2.76. The van der Waals surface area contributed by atoms with Crippen LogP contribution < -0.4 is 4.90 Å². The highest BCUT2D eigenvalue weighted by atomic mass is 16.4. The number of nitrogens with zero attached hydrogens (tertiary/aromatic N) is 2. The largest absolute Gasteiger partial charge is 0.445 e. The number of aryl methyl sites for hydroxylation is 1. The Bertz CT molecular complexity index is 490. The zero-order chi connectivity index (χ0) is 13.1. The molecule has 1 saturated heterocycles. The molecule has 0 unspecified atom stereocenters. The standard InChI is InChI=1S/C13H16N2O3/c1-3-4-11(16)14-7-8-15(12(17)9-14)13-6-5-10(2)18-13/h3-6H,7-9H2,1-2H3/b4-3+. The van der Waals surface area contributed by atoms with E-state index in [0.29, 0.717) is 19.0 Å². The first kappa shape index (κ1) is 12.4. The number of carbonyl (C=O) groups is 2. The van der Waals surface area contributed by atoms with Crippen LogP contribution in [0.2, 0.25) is 0 Å². The summed E-state index contributed by atoms with van der Waals surface area (Å²) in [6.07, 6.45) is 3.15. The lowest BCUT2D eigenvalue weighted by Gasteiger charge is -2.32. The second-order valence-electron chi connectivity index (χ2n) is 4.19. The highest BCUT2D eigenvalue weighted by Gasteiger charge is 2.28. The van der Waals surface area contributed by atoms with E-state index in [2.05, 4.69) is 0 Å². The molecule has 2 heterocycles. The summed E-state index contributed by atoms with van der Waals surface area (Å²) in [5.41, 5.74) is 0. The molecule has 0 aliphatic carbocycles. The molecule has 0 bridgehead atoms. The van der Waals surface area contributed by atoms with Gasteiger partial charge in [0.05, 0.1) is 0 Å². The average molecular weight is 248 g/mol. The Balaban J connectivity index is 2.05. The topological polar surface area (TPSA) is 53.8 Å². The number of furan rings is 1. The Morgan fingerprint density at radius 1 is 1.39 bits per heavy atom. The van der Waals surface area contributed by atoms with E-state index in [-0.39, 0.29) is 18.4 Å². The van der Waals surface area contributed by atoms with Gasteiger partial charge in [-0.15, -0.1) is 0 Å². The van der Waals surface area contributed by atoms with Gasteiger partial charge in [-0.1, -0.05) is 6.08 Å². The van der Waals surface area contributed by atoms with Crippen LogP contribution in [0.15, 0.2) is 28.7 Å². The fourth-order valence-corrected chi connectivity index (χ4v) is 1.91. The Morgan fingerprint density at radius 2 is 2.17 bits per heavy atom. The van der Waals surface area contributed by atoms with Crippen LogP contribution in [-0.2, 0) is 9.59 Å². The first-order valence-corrected chi connectivity index (χ1v) is 5.90. The summed E-state index contributed by atoms with van der Waals surface area (Å²) in [5.74, 6) is 1.08. The third-order valence-corrected chi connectivity index (χ3v) is 2.83. The fraction of sp³-hybridized carbons (Fsp3) is 0.385. The highest BCUT2D eigenvalue weighted by molar-refractivity contribution is 5.98. The normalized spacial score (nSPS) is 16.7. The van der Waals surface area contributed by atoms with Crippen molar-refractivity contribution in [3.63, 3.8) is 0 Å². The van der Waals surface area contributed by atoms with Crippen LogP contribution in [0.4, 0.5) is 5.88 Å². The van der Waals surface area contributed by atoms with Crippen molar-refractivity contribution in [2.45, 2.75) is 13.8 Å². The zero-order valence-corrected chi connectivity index (χ0v) is 10.5. The third kappa shape index (κ3) is 2.45. The van der Waals surface area contributed by atoms with Crippen LogP contribution >= 0.6 is 0 Å². The number of amides is 2. The molecular weight excluding hydrogens is 232 g/mol. The third-order valence-electron chi connectivity index (χ3n) is 2.83. The van der Waals surface area contributed by atoms with E-state index in [1.807, 2.05) is 13.0 Å². The van der Waals surface area contributed by atoms with Gasteiger partial charge in [0.1, 0.15) is 12.3 Å². The SMILES string of the molecule is C/C=C/C(=O)N1CCN(c2ccc(C)o2)C(=O)C1. The number of hydrogen-bond acceptors (Lipinski definition) is 3. The predicted molar refractivity (Wildman–Crippen MR) is 67.2 cm³/mol. The molecule has 5 heteroatoms. The molecule has 0 spiro atoms. The second kappa shape index (κ2) is 5.08. The molecule has 0 aromatic carbocycles. The second-order valence-corrected chi connectivity index (χ2v) is 4.19. The molecule has 0 saturated carbocycles. The quantitative estimate of drug-likeness (QED) is 0.742. The molecule has 1 aromatic heterocycles. The van der Waals surface area contributed by atoms with E-state index < -0.39 is 0 Å². The summed E-state index contributed by atoms with van der Waals surface area (Å²) in [6, 6.07) is 3.59. The highest BCUT2D eigenvalue weighted by Crippen LogP contribution is 2.20. The van der Waals surface area contributed by atoms with Gasteiger partial charge in [-0.25, -0.2) is 0 Å². The van der Waals surface area contributed by atoms with Gasteiger partial charge in [-0.05, 0) is 26.0 Å². The predicted octanol–water partition coefficient (Wildman–Crippen LogP) is 1.34. The van der Waals surface area contributed by atoms with Crippen molar-refractivity contribution in [1.29, 1.82) is 0 Å². The van der Waals surface area contributed by atoms with Gasteiger partial charge < -0.3 is 9.32 Å². The number of piperazine rings is 1. The van der Waals surface area contributed by atoms with Gasteiger partial charge in [0.2, 0.25) is 17.7 Å². The van der Waals surface area contributed by atoms with Crippen molar-refractivity contribution in [2.24, 2.45) is 0 Å². The Hall–Kier alpha value is -2.04. The van der Waals surface area contributed by atoms with E-state index in [4.69, 9.17) is 4.42 Å². The van der Waals surface area contributed by atoms with Crippen LogP contribution in [-0.4, -0.2) is 36.3 Å². The van der Waals surface area contributed by atoms with Gasteiger partial charge in [0.25, 0.3) is 0 Å². The van der Waals surface area contributed by atoms with E-state index in [9.17, 15) is 9.59 Å². The summed E-state index contributed by atoms with van der Waals surface area (Å²) in [6.45, 7) is 4.70. The number of allylic oxidation sites excluding steroid dienone is 1. The molecule has 0 atom stereocenters. The molecule has 96 valence electrons. The molecule has 1 fully saturated rings. The van der Waals surface area contributed by atoms with Gasteiger partial charge >= 0.3 is 0 Å². The Morgan fingerprint density at radius 3 is 2.72 bits per heavy atom. The molecule has 0 radical (unpaired) electrons. The van der Waals surface area contributed by atoms with Gasteiger partial charge in [-0.3, -0.25) is 14.5 Å². The number of hydrogen-bond donors (Lipinski definition) is 0. The monoisotopic (exact) mass is 248 g/mol. The summed E-state index contributed by atoms with van der Waals surface area (Å²) in [5, 5.41) is 0. The van der Waals surface area contributed by atoms with Crippen LogP contribution in [0.5, 0.6) is 0 Å². The van der Waals surface area contributed by atoms with Crippen molar-refractivity contribution in [1.82, 2.24) is 4.90 Å². The van der Waals surface area contributed by atoms with Crippen molar-refractivity contribution in [3.8, 4) is 0 Å². The van der Waals surface area contributed by atoms with Crippen molar-refractivity contribution in [3.05, 3.63) is 30.0 Å². The minimum atomic E-state index is -0.124. The minimum absolute atomic E-state index is 0.100. The lowest BCUT2D eigenvalue weighted by atomic mass is 10.3. The number of anilines is 1. The van der Waals surface area contributed by atoms with Gasteiger partial charge in [0.15, 0.2) is 0 Å². The first-order chi connectivity index (χ1) is 8.61. The molecule has 18 heavy (non-hydrogen) atoms. The Labute approximate surface area is 106 Å². The molecule has 0 N–H and O–H groups in total. The maximum Gasteiger partial charge on any atom is 0.248 e. The molecular formula is C13H16N2O3. The number of carbonyl (C=O) groups excluding carboxylic acids is 2. The van der Waals surface area contributed by atoms with Crippen LogP contribution in [0, 0.1) is 6.92 Å². The van der Waals surface area contributed by atoms with Crippen LogP contribution in [0.3, 0.4) is 0 Å². The fourth-order valence-electron chi connectivity index (χ4n) is 1.91. The zero-order valence-electron chi connectivity index (χ0n) is 10.5. The molecule has 1 aromatic rings. The van der Waals surface area contributed by atoms with Crippen molar-refractivity contribution in [2.75, 3.05) is 24.5 Å². The summed E-state index contributed by atoms with van der Waals surface area (Å²) in [7, 11) is 0. The summed E-state index contributed by atoms with van der Waals surface area (Å²) in [4.78, 5) is 26.7. The minimum Gasteiger partial charge on any atom is -0.445 e. The van der Waals surface area contributed by atoms with E-state index in [1.165, 1.54) is 11.0 Å². The van der Waals surface area contributed by atoms with Crippen molar-refractivity contribution < 1.29 is 14.0 Å². The number of rotatable bonds is 2. The first-order valence-electron chi connectivity index (χ1n) is 5.90. The molecule has 5 nitrogen and oxygen atoms in total. The van der Waals surface area contributed by atoms with Crippen LogP contribution in [0.25, 0.3) is 0 Å².